The van der Waals surface area contributed by atoms with Crippen molar-refractivity contribution in [3.63, 3.8) is 0 Å². The van der Waals surface area contributed by atoms with Crippen LogP contribution < -0.4 is 5.32 Å². The molecule has 0 aliphatic carbocycles. The van der Waals surface area contributed by atoms with Crippen molar-refractivity contribution in [2.24, 2.45) is 0 Å². The third kappa shape index (κ3) is 7.11. The molecule has 1 aromatic carbocycles. The Hall–Kier alpha value is -1.44. The first-order valence-corrected chi connectivity index (χ1v) is 9.91. The van der Waals surface area contributed by atoms with Gasteiger partial charge in [-0.3, -0.25) is 14.6 Å². The van der Waals surface area contributed by atoms with E-state index in [-0.39, 0.29) is 11.7 Å². The van der Waals surface area contributed by atoms with Gasteiger partial charge in [-0.15, -0.1) is 0 Å². The molecular weight excluding hydrogens is 314 g/mol. The first-order valence-electron chi connectivity index (χ1n) is 7.85. The van der Waals surface area contributed by atoms with Crippen molar-refractivity contribution in [2.45, 2.75) is 6.54 Å². The lowest BCUT2D eigenvalue weighted by Crippen LogP contribution is -2.50. The molecule has 128 valence electrons. The summed E-state index contributed by atoms with van der Waals surface area (Å²) in [5.74, 6) is 0.225. The summed E-state index contributed by atoms with van der Waals surface area (Å²) in [6.07, 6.45) is 1.26. The number of nitrogens with zero attached hydrogens (tertiary/aromatic N) is 2. The molecule has 1 saturated heterocycles. The number of hydrogen-bond acceptors (Lipinski definition) is 5. The maximum atomic E-state index is 12.0. The van der Waals surface area contributed by atoms with Crippen molar-refractivity contribution >= 4 is 15.7 Å². The Morgan fingerprint density at radius 3 is 2.30 bits per heavy atom. The molecule has 6 nitrogen and oxygen atoms in total. The van der Waals surface area contributed by atoms with Crippen LogP contribution in [0.2, 0.25) is 0 Å². The third-order valence-corrected chi connectivity index (χ3v) is 4.87. The average molecular weight is 339 g/mol. The molecule has 0 unspecified atom stereocenters. The van der Waals surface area contributed by atoms with Crippen LogP contribution in [-0.2, 0) is 21.2 Å². The summed E-state index contributed by atoms with van der Waals surface area (Å²) in [7, 11) is -2.91. The molecular formula is C16H25N3O3S. The molecule has 0 radical (unpaired) electrons. The van der Waals surface area contributed by atoms with Crippen molar-refractivity contribution in [1.29, 1.82) is 0 Å². The summed E-state index contributed by atoms with van der Waals surface area (Å²) < 4.78 is 22.4. The van der Waals surface area contributed by atoms with Gasteiger partial charge in [-0.1, -0.05) is 30.3 Å². The van der Waals surface area contributed by atoms with Crippen LogP contribution in [0.3, 0.4) is 0 Å². The first kappa shape index (κ1) is 17.9. The summed E-state index contributed by atoms with van der Waals surface area (Å²) in [6.45, 7) is 4.72. The zero-order valence-corrected chi connectivity index (χ0v) is 14.4. The van der Waals surface area contributed by atoms with Crippen molar-refractivity contribution in [1.82, 2.24) is 15.1 Å². The monoisotopic (exact) mass is 339 g/mol. The molecule has 1 aromatic rings. The standard InChI is InChI=1S/C16H25N3O3S/c1-23(21,22)12-11-18-7-9-19(10-8-18)14-16(20)17-13-15-5-3-2-4-6-15/h2-6H,7-14H2,1H3,(H,17,20). The van der Waals surface area contributed by atoms with Crippen LogP contribution in [-0.4, -0.2) is 75.4 Å². The number of sulfone groups is 1. The van der Waals surface area contributed by atoms with Crippen molar-refractivity contribution in [2.75, 3.05) is 51.3 Å². The van der Waals surface area contributed by atoms with Gasteiger partial charge in [0.1, 0.15) is 9.84 Å². The summed E-state index contributed by atoms with van der Waals surface area (Å²) in [6, 6.07) is 9.84. The molecule has 1 amide bonds. The van der Waals surface area contributed by atoms with Crippen molar-refractivity contribution < 1.29 is 13.2 Å². The third-order valence-electron chi connectivity index (χ3n) is 3.94. The maximum Gasteiger partial charge on any atom is 0.234 e. The van der Waals surface area contributed by atoms with E-state index < -0.39 is 9.84 Å². The van der Waals surface area contributed by atoms with Gasteiger partial charge in [-0.05, 0) is 5.56 Å². The second-order valence-electron chi connectivity index (χ2n) is 6.01. The van der Waals surface area contributed by atoms with E-state index in [4.69, 9.17) is 0 Å². The minimum atomic E-state index is -2.91. The fourth-order valence-corrected chi connectivity index (χ4v) is 3.11. The number of carbonyl (C=O) groups is 1. The van der Waals surface area contributed by atoms with E-state index in [1.54, 1.807) is 0 Å². The normalized spacial score (nSPS) is 17.1. The molecule has 1 N–H and O–H groups in total. The Morgan fingerprint density at radius 1 is 1.09 bits per heavy atom. The molecule has 0 atom stereocenters. The van der Waals surface area contributed by atoms with E-state index in [2.05, 4.69) is 15.1 Å². The number of carbonyl (C=O) groups excluding carboxylic acids is 1. The number of benzene rings is 1. The van der Waals surface area contributed by atoms with Crippen LogP contribution in [0, 0.1) is 0 Å². The number of nitrogens with one attached hydrogen (secondary N) is 1. The topological polar surface area (TPSA) is 69.7 Å². The Kier molecular flexibility index (Phi) is 6.56. The van der Waals surface area contributed by atoms with Gasteiger partial charge in [0.25, 0.3) is 0 Å². The lowest BCUT2D eigenvalue weighted by molar-refractivity contribution is -0.122. The van der Waals surface area contributed by atoms with Crippen LogP contribution >= 0.6 is 0 Å². The molecule has 1 heterocycles. The van der Waals surface area contributed by atoms with Crippen molar-refractivity contribution in [3.8, 4) is 0 Å². The van der Waals surface area contributed by atoms with Crippen LogP contribution in [0.15, 0.2) is 30.3 Å². The van der Waals surface area contributed by atoms with E-state index in [0.29, 0.717) is 19.6 Å². The minimum Gasteiger partial charge on any atom is -0.351 e. The molecule has 0 saturated carbocycles. The molecule has 0 spiro atoms. The van der Waals surface area contributed by atoms with Crippen LogP contribution in [0.5, 0.6) is 0 Å². The number of rotatable bonds is 7. The maximum absolute atomic E-state index is 12.0. The zero-order valence-electron chi connectivity index (χ0n) is 13.6. The van der Waals surface area contributed by atoms with Crippen LogP contribution in [0.1, 0.15) is 5.56 Å². The molecule has 7 heteroatoms. The highest BCUT2D eigenvalue weighted by atomic mass is 32.2. The Labute approximate surface area is 138 Å². The largest absolute Gasteiger partial charge is 0.351 e. The van der Waals surface area contributed by atoms with Crippen molar-refractivity contribution in [3.05, 3.63) is 35.9 Å². The SMILES string of the molecule is CS(=O)(=O)CCN1CCN(CC(=O)NCc2ccccc2)CC1. The van der Waals surface area contributed by atoms with Gasteiger partial charge in [0, 0.05) is 45.5 Å². The summed E-state index contributed by atoms with van der Waals surface area (Å²) >= 11 is 0. The number of hydrogen-bond donors (Lipinski definition) is 1. The second-order valence-corrected chi connectivity index (χ2v) is 8.27. The van der Waals surface area contributed by atoms with E-state index in [9.17, 15) is 13.2 Å². The second kappa shape index (κ2) is 8.42. The summed E-state index contributed by atoms with van der Waals surface area (Å²) in [5, 5.41) is 2.93. The molecule has 2 rings (SSSR count). The Bertz CT molecular complexity index is 596. The lowest BCUT2D eigenvalue weighted by Gasteiger charge is -2.34. The summed E-state index contributed by atoms with van der Waals surface area (Å²) in [4.78, 5) is 16.2. The highest BCUT2D eigenvalue weighted by Gasteiger charge is 2.19. The Morgan fingerprint density at radius 2 is 1.70 bits per heavy atom. The molecule has 0 bridgehead atoms. The van der Waals surface area contributed by atoms with E-state index in [1.165, 1.54) is 6.26 Å². The van der Waals surface area contributed by atoms with Gasteiger partial charge in [0.05, 0.1) is 12.3 Å². The number of piperazine rings is 1. The van der Waals surface area contributed by atoms with Crippen LogP contribution in [0.25, 0.3) is 0 Å². The molecule has 1 aliphatic rings. The van der Waals surface area contributed by atoms with Gasteiger partial charge in [0.2, 0.25) is 5.91 Å². The van der Waals surface area contributed by atoms with Crippen LogP contribution in [0.4, 0.5) is 0 Å². The van der Waals surface area contributed by atoms with Gasteiger partial charge >= 0.3 is 0 Å². The van der Waals surface area contributed by atoms with E-state index >= 15 is 0 Å². The smallest absolute Gasteiger partial charge is 0.234 e. The lowest BCUT2D eigenvalue weighted by atomic mass is 10.2. The summed E-state index contributed by atoms with van der Waals surface area (Å²) in [5.41, 5.74) is 1.09. The number of amides is 1. The predicted octanol–water partition coefficient (Wildman–Crippen LogP) is -0.0350. The van der Waals surface area contributed by atoms with Gasteiger partial charge < -0.3 is 5.32 Å². The average Bonchev–Trinajstić information content (AvgIpc) is 2.53. The quantitative estimate of drug-likeness (QED) is 0.755. The molecule has 1 fully saturated rings. The molecule has 0 aromatic heterocycles. The fourth-order valence-electron chi connectivity index (χ4n) is 2.52. The highest BCUT2D eigenvalue weighted by molar-refractivity contribution is 7.90. The van der Waals surface area contributed by atoms with E-state index in [1.807, 2.05) is 30.3 Å². The van der Waals surface area contributed by atoms with E-state index in [0.717, 1.165) is 31.7 Å². The minimum absolute atomic E-state index is 0.0263. The van der Waals surface area contributed by atoms with Gasteiger partial charge in [0.15, 0.2) is 0 Å². The van der Waals surface area contributed by atoms with Gasteiger partial charge in [-0.2, -0.15) is 0 Å². The highest BCUT2D eigenvalue weighted by Crippen LogP contribution is 2.02. The predicted molar refractivity (Wildman–Crippen MR) is 90.9 cm³/mol. The molecule has 23 heavy (non-hydrogen) atoms. The Balaban J connectivity index is 1.64. The van der Waals surface area contributed by atoms with Gasteiger partial charge in [-0.25, -0.2) is 8.42 Å². The zero-order chi connectivity index (χ0) is 16.7. The fraction of sp³-hybridized carbons (Fsp3) is 0.562. The molecule has 1 aliphatic heterocycles. The first-order chi connectivity index (χ1) is 10.9.